The minimum Gasteiger partial charge on any atom is -0.385 e. The van der Waals surface area contributed by atoms with Gasteiger partial charge in [-0.3, -0.25) is 4.79 Å². The fraction of sp³-hybridized carbons (Fsp3) is 0.364. The molecule has 1 aromatic rings. The molecule has 1 unspecified atom stereocenters. The molecule has 0 aromatic heterocycles. The number of Topliss-reactive ketones (excluding diaryl/α,β-unsaturated/α-hetero) is 1. The average molecular weight is 178 g/mol. The lowest BCUT2D eigenvalue weighted by atomic mass is 10.0. The van der Waals surface area contributed by atoms with Crippen molar-refractivity contribution in [1.82, 2.24) is 0 Å². The summed E-state index contributed by atoms with van der Waals surface area (Å²) in [6.45, 7) is 3.72. The van der Waals surface area contributed by atoms with Crippen molar-refractivity contribution < 1.29 is 9.90 Å². The van der Waals surface area contributed by atoms with Crippen LogP contribution >= 0.6 is 0 Å². The molecule has 1 N–H and O–H groups in total. The normalized spacial score (nSPS) is 12.5. The second-order valence-electron chi connectivity index (χ2n) is 3.16. The van der Waals surface area contributed by atoms with Crippen LogP contribution in [0.1, 0.15) is 29.3 Å². The van der Waals surface area contributed by atoms with Crippen LogP contribution in [0.25, 0.3) is 0 Å². The first kappa shape index (κ1) is 9.93. The highest BCUT2D eigenvalue weighted by Crippen LogP contribution is 2.08. The SMILES string of the molecule is CCC(O)C(=O)c1cccc(C)c1. The molecule has 1 rings (SSSR count). The van der Waals surface area contributed by atoms with E-state index in [4.69, 9.17) is 0 Å². The van der Waals surface area contributed by atoms with Gasteiger partial charge in [-0.25, -0.2) is 0 Å². The number of carbonyl (C=O) groups excluding carboxylic acids is 1. The van der Waals surface area contributed by atoms with E-state index in [1.54, 1.807) is 19.1 Å². The summed E-state index contributed by atoms with van der Waals surface area (Å²) in [5, 5.41) is 9.32. The molecular weight excluding hydrogens is 164 g/mol. The first-order chi connectivity index (χ1) is 6.15. The van der Waals surface area contributed by atoms with E-state index >= 15 is 0 Å². The molecule has 0 aliphatic rings. The van der Waals surface area contributed by atoms with Crippen LogP contribution in [0.15, 0.2) is 24.3 Å². The topological polar surface area (TPSA) is 37.3 Å². The molecule has 1 atom stereocenters. The van der Waals surface area contributed by atoms with Crippen LogP contribution in [0.2, 0.25) is 0 Å². The molecule has 13 heavy (non-hydrogen) atoms. The molecule has 2 heteroatoms. The molecule has 1 aromatic carbocycles. The van der Waals surface area contributed by atoms with Crippen LogP contribution in [0.3, 0.4) is 0 Å². The Morgan fingerprint density at radius 1 is 1.54 bits per heavy atom. The van der Waals surface area contributed by atoms with Crippen molar-refractivity contribution in [3.63, 3.8) is 0 Å². The molecule has 0 aliphatic carbocycles. The van der Waals surface area contributed by atoms with Gasteiger partial charge in [0.15, 0.2) is 5.78 Å². The molecule has 2 nitrogen and oxygen atoms in total. The summed E-state index contributed by atoms with van der Waals surface area (Å²) >= 11 is 0. The Morgan fingerprint density at radius 3 is 2.77 bits per heavy atom. The number of ketones is 1. The molecule has 0 aliphatic heterocycles. The van der Waals surface area contributed by atoms with Gasteiger partial charge in [0.05, 0.1) is 0 Å². The lowest BCUT2D eigenvalue weighted by Gasteiger charge is -2.06. The molecule has 0 saturated heterocycles. The van der Waals surface area contributed by atoms with Gasteiger partial charge in [0.1, 0.15) is 6.10 Å². The highest BCUT2D eigenvalue weighted by atomic mass is 16.3. The van der Waals surface area contributed by atoms with E-state index < -0.39 is 6.10 Å². The summed E-state index contributed by atoms with van der Waals surface area (Å²) in [5.41, 5.74) is 1.63. The predicted octanol–water partition coefficient (Wildman–Crippen LogP) is 1.95. The van der Waals surface area contributed by atoms with Crippen molar-refractivity contribution in [1.29, 1.82) is 0 Å². The van der Waals surface area contributed by atoms with Crippen LogP contribution in [0.5, 0.6) is 0 Å². The van der Waals surface area contributed by atoms with Gasteiger partial charge in [-0.05, 0) is 19.4 Å². The van der Waals surface area contributed by atoms with E-state index in [2.05, 4.69) is 0 Å². The van der Waals surface area contributed by atoms with Crippen LogP contribution in [0, 0.1) is 6.92 Å². The minimum atomic E-state index is -0.859. The summed E-state index contributed by atoms with van der Waals surface area (Å²) in [6, 6.07) is 7.27. The van der Waals surface area contributed by atoms with Gasteiger partial charge in [0.25, 0.3) is 0 Å². The van der Waals surface area contributed by atoms with E-state index in [9.17, 15) is 9.90 Å². The van der Waals surface area contributed by atoms with Gasteiger partial charge in [-0.15, -0.1) is 0 Å². The maximum absolute atomic E-state index is 11.5. The van der Waals surface area contributed by atoms with Crippen LogP contribution in [-0.4, -0.2) is 17.0 Å². The number of aliphatic hydroxyl groups excluding tert-OH is 1. The number of aliphatic hydroxyl groups is 1. The number of benzene rings is 1. The maximum atomic E-state index is 11.5. The smallest absolute Gasteiger partial charge is 0.191 e. The lowest BCUT2D eigenvalue weighted by molar-refractivity contribution is 0.0740. The van der Waals surface area contributed by atoms with Gasteiger partial charge >= 0.3 is 0 Å². The fourth-order valence-electron chi connectivity index (χ4n) is 1.18. The Hall–Kier alpha value is -1.15. The second kappa shape index (κ2) is 4.19. The third kappa shape index (κ3) is 2.39. The van der Waals surface area contributed by atoms with E-state index in [-0.39, 0.29) is 5.78 Å². The Kier molecular flexibility index (Phi) is 3.20. The predicted molar refractivity (Wildman–Crippen MR) is 51.8 cm³/mol. The van der Waals surface area contributed by atoms with E-state index in [0.29, 0.717) is 12.0 Å². The summed E-state index contributed by atoms with van der Waals surface area (Å²) in [6.07, 6.45) is -0.394. The largest absolute Gasteiger partial charge is 0.385 e. The minimum absolute atomic E-state index is 0.189. The Labute approximate surface area is 78.2 Å². The van der Waals surface area contributed by atoms with Gasteiger partial charge in [0.2, 0.25) is 0 Å². The first-order valence-corrected chi connectivity index (χ1v) is 4.44. The van der Waals surface area contributed by atoms with Gasteiger partial charge in [-0.1, -0.05) is 30.7 Å². The van der Waals surface area contributed by atoms with E-state index in [0.717, 1.165) is 5.56 Å². The van der Waals surface area contributed by atoms with E-state index in [1.165, 1.54) is 0 Å². The number of rotatable bonds is 3. The molecule has 0 amide bonds. The molecule has 70 valence electrons. The van der Waals surface area contributed by atoms with E-state index in [1.807, 2.05) is 19.1 Å². The molecule has 0 heterocycles. The molecule has 0 saturated carbocycles. The Bertz CT molecular complexity index is 305. The van der Waals surface area contributed by atoms with Gasteiger partial charge < -0.3 is 5.11 Å². The standard InChI is InChI=1S/C11H14O2/c1-3-10(12)11(13)9-6-4-5-8(2)7-9/h4-7,10,12H,3H2,1-2H3. The van der Waals surface area contributed by atoms with Crippen molar-refractivity contribution in [3.05, 3.63) is 35.4 Å². The monoisotopic (exact) mass is 178 g/mol. The third-order valence-corrected chi connectivity index (χ3v) is 1.99. The zero-order valence-electron chi connectivity index (χ0n) is 7.95. The van der Waals surface area contributed by atoms with Gasteiger partial charge in [-0.2, -0.15) is 0 Å². The van der Waals surface area contributed by atoms with Crippen molar-refractivity contribution in [2.75, 3.05) is 0 Å². The van der Waals surface area contributed by atoms with Gasteiger partial charge in [0, 0.05) is 5.56 Å². The summed E-state index contributed by atoms with van der Waals surface area (Å²) in [7, 11) is 0. The lowest BCUT2D eigenvalue weighted by Crippen LogP contribution is -2.19. The van der Waals surface area contributed by atoms with Crippen molar-refractivity contribution in [2.45, 2.75) is 26.4 Å². The number of hydrogen-bond acceptors (Lipinski definition) is 2. The summed E-state index contributed by atoms with van der Waals surface area (Å²) < 4.78 is 0. The molecule has 0 spiro atoms. The van der Waals surface area contributed by atoms with Crippen LogP contribution in [-0.2, 0) is 0 Å². The molecular formula is C11H14O2. The average Bonchev–Trinajstić information content (AvgIpc) is 2.15. The van der Waals surface area contributed by atoms with Crippen molar-refractivity contribution >= 4 is 5.78 Å². The fourth-order valence-corrected chi connectivity index (χ4v) is 1.18. The third-order valence-electron chi connectivity index (χ3n) is 1.99. The summed E-state index contributed by atoms with van der Waals surface area (Å²) in [5.74, 6) is -0.189. The molecule has 0 bridgehead atoms. The molecule has 0 fully saturated rings. The first-order valence-electron chi connectivity index (χ1n) is 4.44. The highest BCUT2D eigenvalue weighted by molar-refractivity contribution is 5.99. The second-order valence-corrected chi connectivity index (χ2v) is 3.16. The van der Waals surface area contributed by atoms with Crippen molar-refractivity contribution in [2.24, 2.45) is 0 Å². The maximum Gasteiger partial charge on any atom is 0.191 e. The Morgan fingerprint density at radius 2 is 2.23 bits per heavy atom. The Balaban J connectivity index is 2.89. The summed E-state index contributed by atoms with van der Waals surface area (Å²) in [4.78, 5) is 11.5. The van der Waals surface area contributed by atoms with Crippen LogP contribution in [0.4, 0.5) is 0 Å². The number of carbonyl (C=O) groups is 1. The zero-order chi connectivity index (χ0) is 9.84. The number of hydrogen-bond donors (Lipinski definition) is 1. The molecule has 0 radical (unpaired) electrons. The number of aryl methyl sites for hydroxylation is 1. The quantitative estimate of drug-likeness (QED) is 0.718. The zero-order valence-corrected chi connectivity index (χ0v) is 7.95. The highest BCUT2D eigenvalue weighted by Gasteiger charge is 2.14. The van der Waals surface area contributed by atoms with Crippen LogP contribution < -0.4 is 0 Å². The van der Waals surface area contributed by atoms with Crippen molar-refractivity contribution in [3.8, 4) is 0 Å².